The summed E-state index contributed by atoms with van der Waals surface area (Å²) in [6.45, 7) is 0. The first-order chi connectivity index (χ1) is 10.4. The minimum atomic E-state index is -5.08. The van der Waals surface area contributed by atoms with Gasteiger partial charge in [0.15, 0.2) is 0 Å². The van der Waals surface area contributed by atoms with E-state index in [0.717, 1.165) is 0 Å². The molecule has 0 aliphatic heterocycles. The van der Waals surface area contributed by atoms with Crippen LogP contribution in [0.3, 0.4) is 0 Å². The smallest absolute Gasteiger partial charge is 0.239 e. The number of alkyl halides is 6. The van der Waals surface area contributed by atoms with Crippen LogP contribution in [-0.2, 0) is 12.4 Å². The number of pyridine rings is 1. The van der Waals surface area contributed by atoms with Crippen LogP contribution in [0.5, 0.6) is 0 Å². The Kier molecular flexibility index (Phi) is 4.76. The van der Waals surface area contributed by atoms with Gasteiger partial charge in [-0.2, -0.15) is 26.3 Å². The number of hydrogen-bond acceptors (Lipinski definition) is 1. The van der Waals surface area contributed by atoms with E-state index in [9.17, 15) is 26.3 Å². The summed E-state index contributed by atoms with van der Waals surface area (Å²) < 4.78 is 76.9. The van der Waals surface area contributed by atoms with E-state index in [1.807, 2.05) is 0 Å². The Morgan fingerprint density at radius 3 is 1.61 bits per heavy atom. The fourth-order valence-electron chi connectivity index (χ4n) is 1.76. The van der Waals surface area contributed by atoms with Crippen LogP contribution >= 0.6 is 34.8 Å². The predicted octanol–water partition coefficient (Wildman–Crippen LogP) is 6.75. The lowest BCUT2D eigenvalue weighted by molar-refractivity contribution is -0.150. The van der Waals surface area contributed by atoms with E-state index in [4.69, 9.17) is 34.8 Å². The number of aromatic nitrogens is 1. The molecule has 1 aromatic carbocycles. The number of halogens is 9. The first-order valence-corrected chi connectivity index (χ1v) is 6.85. The third-order valence-corrected chi connectivity index (χ3v) is 3.86. The van der Waals surface area contributed by atoms with E-state index >= 15 is 0 Å². The van der Waals surface area contributed by atoms with Crippen LogP contribution < -0.4 is 0 Å². The summed E-state index contributed by atoms with van der Waals surface area (Å²) in [5.41, 5.74) is -4.15. The summed E-state index contributed by atoms with van der Waals surface area (Å²) in [6, 6.07) is 3.34. The van der Waals surface area contributed by atoms with E-state index in [-0.39, 0.29) is 20.6 Å². The van der Waals surface area contributed by atoms with Crippen molar-refractivity contribution >= 4 is 34.8 Å². The molecular formula is C13H4Cl3F6N. The molecule has 0 aliphatic rings. The molecule has 0 amide bonds. The average molecular weight is 395 g/mol. The second kappa shape index (κ2) is 6.03. The zero-order chi connectivity index (χ0) is 17.6. The highest BCUT2D eigenvalue weighted by atomic mass is 35.5. The molecule has 1 heterocycles. The molecule has 0 bridgehead atoms. The number of rotatable bonds is 1. The molecule has 0 atom stereocenters. The van der Waals surface area contributed by atoms with Crippen LogP contribution in [0, 0.1) is 0 Å². The van der Waals surface area contributed by atoms with Gasteiger partial charge in [-0.25, -0.2) is 4.98 Å². The van der Waals surface area contributed by atoms with E-state index < -0.39 is 29.3 Å². The molecule has 0 saturated carbocycles. The Morgan fingerprint density at radius 2 is 1.17 bits per heavy atom. The second-order valence-corrected chi connectivity index (χ2v) is 5.53. The molecule has 0 fully saturated rings. The minimum absolute atomic E-state index is 0.0648. The predicted molar refractivity (Wildman–Crippen MR) is 74.7 cm³/mol. The van der Waals surface area contributed by atoms with Crippen LogP contribution in [-0.4, -0.2) is 4.98 Å². The van der Waals surface area contributed by atoms with Crippen molar-refractivity contribution in [2.24, 2.45) is 0 Å². The Bertz CT molecular complexity index is 722. The molecule has 23 heavy (non-hydrogen) atoms. The van der Waals surface area contributed by atoms with Gasteiger partial charge in [0, 0.05) is 10.6 Å². The lowest BCUT2D eigenvalue weighted by Crippen LogP contribution is -2.15. The molecule has 10 heteroatoms. The van der Waals surface area contributed by atoms with E-state index in [1.165, 1.54) is 12.1 Å². The molecule has 0 aliphatic carbocycles. The summed E-state index contributed by atoms with van der Waals surface area (Å²) in [5, 5.41) is -0.469. The summed E-state index contributed by atoms with van der Waals surface area (Å²) >= 11 is 17.5. The van der Waals surface area contributed by atoms with Gasteiger partial charge in [0.1, 0.15) is 11.4 Å². The van der Waals surface area contributed by atoms with Crippen LogP contribution in [0.2, 0.25) is 15.1 Å². The summed E-state index contributed by atoms with van der Waals surface area (Å²) in [7, 11) is 0. The SMILES string of the molecule is FC(F)(F)c1cc(-c2c(Cl)ccc(Cl)c2Cl)cc(C(F)(F)F)n1. The van der Waals surface area contributed by atoms with Crippen LogP contribution in [0.4, 0.5) is 26.3 Å². The Hall–Kier alpha value is -1.18. The first-order valence-electron chi connectivity index (χ1n) is 5.71. The van der Waals surface area contributed by atoms with Crippen LogP contribution in [0.25, 0.3) is 11.1 Å². The van der Waals surface area contributed by atoms with Gasteiger partial charge in [-0.05, 0) is 29.8 Å². The van der Waals surface area contributed by atoms with Crippen molar-refractivity contribution < 1.29 is 26.3 Å². The highest BCUT2D eigenvalue weighted by molar-refractivity contribution is 6.46. The molecule has 0 saturated heterocycles. The molecule has 0 N–H and O–H groups in total. The zero-order valence-electron chi connectivity index (χ0n) is 10.7. The van der Waals surface area contributed by atoms with Crippen molar-refractivity contribution in [3.63, 3.8) is 0 Å². The maximum atomic E-state index is 12.8. The lowest BCUT2D eigenvalue weighted by atomic mass is 10.0. The molecule has 1 aromatic heterocycles. The molecule has 0 unspecified atom stereocenters. The van der Waals surface area contributed by atoms with Crippen molar-refractivity contribution in [3.05, 3.63) is 50.7 Å². The van der Waals surface area contributed by atoms with Gasteiger partial charge in [0.2, 0.25) is 0 Å². The number of hydrogen-bond donors (Lipinski definition) is 0. The van der Waals surface area contributed by atoms with E-state index in [1.54, 1.807) is 0 Å². The Balaban J connectivity index is 2.81. The molecular weight excluding hydrogens is 390 g/mol. The molecule has 0 spiro atoms. The maximum absolute atomic E-state index is 12.8. The van der Waals surface area contributed by atoms with Crippen molar-refractivity contribution in [1.29, 1.82) is 0 Å². The van der Waals surface area contributed by atoms with Crippen molar-refractivity contribution in [3.8, 4) is 11.1 Å². The van der Waals surface area contributed by atoms with E-state index in [0.29, 0.717) is 12.1 Å². The van der Waals surface area contributed by atoms with Crippen molar-refractivity contribution in [2.75, 3.05) is 0 Å². The quantitative estimate of drug-likeness (QED) is 0.385. The monoisotopic (exact) mass is 393 g/mol. The van der Waals surface area contributed by atoms with Gasteiger partial charge in [0.05, 0.1) is 10.0 Å². The maximum Gasteiger partial charge on any atom is 0.433 e. The average Bonchev–Trinajstić information content (AvgIpc) is 2.41. The summed E-state index contributed by atoms with van der Waals surface area (Å²) in [4.78, 5) is 2.61. The van der Waals surface area contributed by atoms with Crippen LogP contribution in [0.15, 0.2) is 24.3 Å². The summed E-state index contributed by atoms with van der Waals surface area (Å²) in [6.07, 6.45) is -10.2. The summed E-state index contributed by atoms with van der Waals surface area (Å²) in [5.74, 6) is 0. The largest absolute Gasteiger partial charge is 0.433 e. The lowest BCUT2D eigenvalue weighted by Gasteiger charge is -2.15. The Labute approximate surface area is 140 Å². The van der Waals surface area contributed by atoms with E-state index in [2.05, 4.69) is 4.98 Å². The second-order valence-electron chi connectivity index (χ2n) is 4.34. The normalized spacial score (nSPS) is 12.6. The minimum Gasteiger partial charge on any atom is -0.239 e. The third-order valence-electron chi connectivity index (χ3n) is 2.74. The first kappa shape index (κ1) is 18.2. The Morgan fingerprint density at radius 1 is 0.739 bits per heavy atom. The van der Waals surface area contributed by atoms with Gasteiger partial charge in [-0.3, -0.25) is 0 Å². The topological polar surface area (TPSA) is 12.9 Å². The zero-order valence-corrected chi connectivity index (χ0v) is 12.9. The molecule has 0 radical (unpaired) electrons. The van der Waals surface area contributed by atoms with Crippen molar-refractivity contribution in [1.82, 2.24) is 4.98 Å². The standard InChI is InChI=1S/C13H4Cl3F6N/c14-6-1-2-7(15)11(16)10(6)5-3-8(12(17,18)19)23-9(4-5)13(20,21)22/h1-4H. The van der Waals surface area contributed by atoms with Gasteiger partial charge in [-0.15, -0.1) is 0 Å². The fourth-order valence-corrected chi connectivity index (χ4v) is 2.50. The highest BCUT2D eigenvalue weighted by Crippen LogP contribution is 2.42. The molecule has 124 valence electrons. The number of benzene rings is 1. The van der Waals surface area contributed by atoms with Gasteiger partial charge >= 0.3 is 12.4 Å². The van der Waals surface area contributed by atoms with Crippen LogP contribution in [0.1, 0.15) is 11.4 Å². The van der Waals surface area contributed by atoms with Gasteiger partial charge in [0.25, 0.3) is 0 Å². The molecule has 2 rings (SSSR count). The third kappa shape index (κ3) is 3.84. The van der Waals surface area contributed by atoms with Gasteiger partial charge < -0.3 is 0 Å². The number of nitrogens with zero attached hydrogens (tertiary/aromatic N) is 1. The molecule has 1 nitrogen and oxygen atoms in total. The fraction of sp³-hybridized carbons (Fsp3) is 0.154. The van der Waals surface area contributed by atoms with Gasteiger partial charge in [-0.1, -0.05) is 34.8 Å². The van der Waals surface area contributed by atoms with Crippen molar-refractivity contribution in [2.45, 2.75) is 12.4 Å². The molecule has 2 aromatic rings. The highest BCUT2D eigenvalue weighted by Gasteiger charge is 2.39.